The lowest BCUT2D eigenvalue weighted by molar-refractivity contribution is -0.140. The summed E-state index contributed by atoms with van der Waals surface area (Å²) in [4.78, 5) is 29.7. The van der Waals surface area contributed by atoms with Gasteiger partial charge in [-0.25, -0.2) is 0 Å². The van der Waals surface area contributed by atoms with Crippen molar-refractivity contribution in [2.75, 3.05) is 33.8 Å². The van der Waals surface area contributed by atoms with Crippen molar-refractivity contribution in [3.05, 3.63) is 65.2 Å². The first-order valence-corrected chi connectivity index (χ1v) is 11.2. The second-order valence-corrected chi connectivity index (χ2v) is 8.46. The molecule has 7 heteroatoms. The number of aliphatic hydroxyl groups is 1. The van der Waals surface area contributed by atoms with Crippen LogP contribution in [0, 0.1) is 0 Å². The average Bonchev–Trinajstić information content (AvgIpc) is 3.02. The lowest BCUT2D eigenvalue weighted by Crippen LogP contribution is -2.35. The molecule has 0 bridgehead atoms. The number of ketones is 1. The Bertz CT molecular complexity index is 1030. The predicted molar refractivity (Wildman–Crippen MR) is 127 cm³/mol. The first-order valence-electron chi connectivity index (χ1n) is 11.2. The molecule has 1 aliphatic rings. The van der Waals surface area contributed by atoms with Crippen LogP contribution in [0.3, 0.4) is 0 Å². The maximum absolute atomic E-state index is 13.2. The van der Waals surface area contributed by atoms with Crippen LogP contribution >= 0.6 is 0 Å². The zero-order chi connectivity index (χ0) is 24.1. The van der Waals surface area contributed by atoms with Gasteiger partial charge in [0.1, 0.15) is 17.3 Å². The van der Waals surface area contributed by atoms with E-state index < -0.39 is 17.7 Å². The molecule has 0 radical (unpaired) electrons. The second kappa shape index (κ2) is 10.5. The van der Waals surface area contributed by atoms with Gasteiger partial charge in [0.25, 0.3) is 11.7 Å². The van der Waals surface area contributed by atoms with Crippen LogP contribution in [0.15, 0.2) is 54.1 Å². The normalized spacial score (nSPS) is 17.8. The van der Waals surface area contributed by atoms with Crippen molar-refractivity contribution in [2.45, 2.75) is 32.9 Å². The molecule has 1 fully saturated rings. The van der Waals surface area contributed by atoms with Crippen LogP contribution in [-0.2, 0) is 9.59 Å². The zero-order valence-corrected chi connectivity index (χ0v) is 19.9. The molecule has 7 nitrogen and oxygen atoms in total. The molecule has 1 atom stereocenters. The summed E-state index contributed by atoms with van der Waals surface area (Å²) in [5.74, 6) is -0.313. The van der Waals surface area contributed by atoms with Gasteiger partial charge in [-0.2, -0.15) is 0 Å². The summed E-state index contributed by atoms with van der Waals surface area (Å²) < 4.78 is 11.5. The number of nitrogens with zero attached hydrogens (tertiary/aromatic N) is 2. The topological polar surface area (TPSA) is 79.3 Å². The zero-order valence-electron chi connectivity index (χ0n) is 19.9. The molecule has 3 rings (SSSR count). The number of para-hydroxylation sites is 1. The monoisotopic (exact) mass is 452 g/mol. The fourth-order valence-corrected chi connectivity index (χ4v) is 3.85. The Kier molecular flexibility index (Phi) is 7.76. The van der Waals surface area contributed by atoms with Gasteiger partial charge < -0.3 is 24.4 Å². The Morgan fingerprint density at radius 3 is 2.36 bits per heavy atom. The molecule has 0 aromatic heterocycles. The number of carbonyl (C=O) groups is 2. The molecule has 1 N–H and O–H groups in total. The lowest BCUT2D eigenvalue weighted by atomic mass is 9.94. The van der Waals surface area contributed by atoms with E-state index in [2.05, 4.69) is 0 Å². The molecule has 1 aliphatic heterocycles. The number of hydrogen-bond acceptors (Lipinski definition) is 6. The molecule has 0 spiro atoms. The Morgan fingerprint density at radius 2 is 1.76 bits per heavy atom. The van der Waals surface area contributed by atoms with E-state index >= 15 is 0 Å². The summed E-state index contributed by atoms with van der Waals surface area (Å²) in [7, 11) is 3.81. The number of likely N-dealkylation sites (N-methyl/N-ethyl adjacent to an activating group) is 1. The van der Waals surface area contributed by atoms with Crippen LogP contribution in [0.2, 0.25) is 0 Å². The maximum Gasteiger partial charge on any atom is 0.295 e. The number of aliphatic hydroxyl groups excluding tert-OH is 1. The quantitative estimate of drug-likeness (QED) is 0.354. The number of benzene rings is 2. The molecule has 0 aliphatic carbocycles. The Labute approximate surface area is 195 Å². The van der Waals surface area contributed by atoms with Crippen LogP contribution in [-0.4, -0.2) is 66.5 Å². The molecular weight excluding hydrogens is 420 g/mol. The van der Waals surface area contributed by atoms with E-state index in [1.54, 1.807) is 24.3 Å². The average molecular weight is 453 g/mol. The number of likely N-dealkylation sites (tertiary alicyclic amines) is 1. The van der Waals surface area contributed by atoms with Crippen LogP contribution < -0.4 is 9.47 Å². The van der Waals surface area contributed by atoms with Gasteiger partial charge >= 0.3 is 0 Å². The van der Waals surface area contributed by atoms with Gasteiger partial charge in [-0.05, 0) is 65.2 Å². The molecule has 2 aromatic rings. The molecular formula is C26H32N2O5. The molecule has 2 aromatic carbocycles. The van der Waals surface area contributed by atoms with Gasteiger partial charge in [-0.15, -0.1) is 0 Å². The van der Waals surface area contributed by atoms with Gasteiger partial charge in [0.2, 0.25) is 0 Å². The summed E-state index contributed by atoms with van der Waals surface area (Å²) in [6.07, 6.45) is 0.0153. The highest BCUT2D eigenvalue weighted by atomic mass is 16.5. The largest absolute Gasteiger partial charge is 0.507 e. The standard InChI is InChI=1S/C26H32N2O5/c1-6-32-21-10-8-7-9-20(21)23-22(25(30)26(31)28(23)16-15-27(4)5)24(29)18-11-13-19(14-12-18)33-17(2)3/h7-14,17,23,29H,6,15-16H2,1-5H3/b24-22+/t23-/m0/s1. The number of carbonyl (C=O) groups excluding carboxylic acids is 2. The van der Waals surface area contributed by atoms with Crippen LogP contribution in [0.25, 0.3) is 5.76 Å². The third-order valence-corrected chi connectivity index (χ3v) is 5.34. The minimum absolute atomic E-state index is 0.0153. The first kappa shape index (κ1) is 24.3. The van der Waals surface area contributed by atoms with Crippen LogP contribution in [0.5, 0.6) is 11.5 Å². The summed E-state index contributed by atoms with van der Waals surface area (Å²) in [5.41, 5.74) is 1.16. The summed E-state index contributed by atoms with van der Waals surface area (Å²) in [6.45, 7) is 7.08. The Balaban J connectivity index is 2.12. The van der Waals surface area contributed by atoms with Gasteiger partial charge in [0.15, 0.2) is 0 Å². The molecule has 0 saturated carbocycles. The van der Waals surface area contributed by atoms with Gasteiger partial charge in [0, 0.05) is 24.2 Å². The lowest BCUT2D eigenvalue weighted by Gasteiger charge is -2.27. The maximum atomic E-state index is 13.2. The number of ether oxygens (including phenoxy) is 2. The van der Waals surface area contributed by atoms with E-state index in [0.717, 1.165) is 0 Å². The van der Waals surface area contributed by atoms with Crippen molar-refractivity contribution < 1.29 is 24.2 Å². The van der Waals surface area contributed by atoms with Crippen molar-refractivity contribution in [3.8, 4) is 11.5 Å². The Morgan fingerprint density at radius 1 is 1.09 bits per heavy atom. The van der Waals surface area contributed by atoms with Crippen molar-refractivity contribution in [3.63, 3.8) is 0 Å². The second-order valence-electron chi connectivity index (χ2n) is 8.46. The first-order chi connectivity index (χ1) is 15.7. The van der Waals surface area contributed by atoms with E-state index in [1.807, 2.05) is 64.0 Å². The van der Waals surface area contributed by atoms with E-state index in [9.17, 15) is 14.7 Å². The van der Waals surface area contributed by atoms with Crippen molar-refractivity contribution >= 4 is 17.4 Å². The van der Waals surface area contributed by atoms with Gasteiger partial charge in [-0.1, -0.05) is 18.2 Å². The summed E-state index contributed by atoms with van der Waals surface area (Å²) in [5, 5.41) is 11.2. The highest BCUT2D eigenvalue weighted by Gasteiger charge is 2.46. The predicted octanol–water partition coefficient (Wildman–Crippen LogP) is 3.86. The van der Waals surface area contributed by atoms with Crippen LogP contribution in [0.1, 0.15) is 37.9 Å². The third-order valence-electron chi connectivity index (χ3n) is 5.34. The molecule has 0 unspecified atom stereocenters. The third kappa shape index (κ3) is 5.37. The molecule has 1 amide bonds. The van der Waals surface area contributed by atoms with E-state index in [1.165, 1.54) is 4.90 Å². The van der Waals surface area contributed by atoms with Crippen LogP contribution in [0.4, 0.5) is 0 Å². The highest BCUT2D eigenvalue weighted by Crippen LogP contribution is 2.42. The number of rotatable bonds is 9. The molecule has 1 saturated heterocycles. The minimum Gasteiger partial charge on any atom is -0.507 e. The minimum atomic E-state index is -0.751. The summed E-state index contributed by atoms with van der Waals surface area (Å²) >= 11 is 0. The summed E-state index contributed by atoms with van der Waals surface area (Å²) in [6, 6.07) is 13.4. The molecule has 176 valence electrons. The van der Waals surface area contributed by atoms with Crippen molar-refractivity contribution in [1.29, 1.82) is 0 Å². The van der Waals surface area contributed by atoms with E-state index in [4.69, 9.17) is 9.47 Å². The van der Waals surface area contributed by atoms with Gasteiger partial charge in [-0.3, -0.25) is 9.59 Å². The number of hydrogen-bond donors (Lipinski definition) is 1. The fourth-order valence-electron chi connectivity index (χ4n) is 3.85. The highest BCUT2D eigenvalue weighted by molar-refractivity contribution is 6.46. The van der Waals surface area contributed by atoms with E-state index in [0.29, 0.717) is 42.3 Å². The van der Waals surface area contributed by atoms with E-state index in [-0.39, 0.29) is 17.4 Å². The van der Waals surface area contributed by atoms with Crippen molar-refractivity contribution in [2.24, 2.45) is 0 Å². The molecule has 33 heavy (non-hydrogen) atoms. The van der Waals surface area contributed by atoms with Gasteiger partial charge in [0.05, 0.1) is 24.3 Å². The Hall–Kier alpha value is -3.32. The number of Topliss-reactive ketones (excluding diaryl/α,β-unsaturated/α-hetero) is 1. The SMILES string of the molecule is CCOc1ccccc1[C@H]1/C(=C(\O)c2ccc(OC(C)C)cc2)C(=O)C(=O)N1CCN(C)C. The molecule has 1 heterocycles. The number of amides is 1. The van der Waals surface area contributed by atoms with Crippen molar-refractivity contribution in [1.82, 2.24) is 9.80 Å². The fraction of sp³-hybridized carbons (Fsp3) is 0.385. The smallest absolute Gasteiger partial charge is 0.295 e.